The molecule has 1 saturated heterocycles. The second-order valence-corrected chi connectivity index (χ2v) is 10.2. The number of hydrogen-bond acceptors (Lipinski definition) is 3. The van der Waals surface area contributed by atoms with Crippen molar-refractivity contribution in [2.75, 3.05) is 31.6 Å². The van der Waals surface area contributed by atoms with Crippen molar-refractivity contribution in [1.29, 1.82) is 0 Å². The summed E-state index contributed by atoms with van der Waals surface area (Å²) in [4.78, 5) is 21.0. The van der Waals surface area contributed by atoms with Crippen LogP contribution < -0.4 is 4.90 Å². The summed E-state index contributed by atoms with van der Waals surface area (Å²) in [5.74, 6) is 2.71. The summed E-state index contributed by atoms with van der Waals surface area (Å²) in [5, 5.41) is 0. The number of piperidine rings is 1. The Morgan fingerprint density at radius 2 is 1.71 bits per heavy atom. The minimum absolute atomic E-state index is 0.176. The van der Waals surface area contributed by atoms with Gasteiger partial charge in [0.05, 0.1) is 6.34 Å². The summed E-state index contributed by atoms with van der Waals surface area (Å²) >= 11 is 0. The van der Waals surface area contributed by atoms with E-state index in [2.05, 4.69) is 59.1 Å². The van der Waals surface area contributed by atoms with Gasteiger partial charge in [0.2, 0.25) is 0 Å². The lowest BCUT2D eigenvalue weighted by molar-refractivity contribution is 0.0141. The molecule has 0 aliphatic carbocycles. The maximum atomic E-state index is 12.6. The molecule has 2 aromatic rings. The van der Waals surface area contributed by atoms with Crippen molar-refractivity contribution in [1.82, 2.24) is 4.90 Å². The van der Waals surface area contributed by atoms with Crippen molar-refractivity contribution in [3.8, 4) is 23.5 Å². The number of carbonyl (C=O) groups excluding carboxylic acids is 1. The molecular weight excluding hydrogens is 434 g/mol. The van der Waals surface area contributed by atoms with Crippen molar-refractivity contribution in [3.05, 3.63) is 66.2 Å². The van der Waals surface area contributed by atoms with Crippen LogP contribution in [0, 0.1) is 17.8 Å². The minimum atomic E-state index is -0.509. The van der Waals surface area contributed by atoms with Crippen LogP contribution in [0.5, 0.6) is 0 Å². The number of nitrogens with zero attached hydrogens (tertiary/aromatic N) is 3. The van der Waals surface area contributed by atoms with Crippen LogP contribution in [0.2, 0.25) is 0 Å². The van der Waals surface area contributed by atoms with E-state index in [4.69, 9.17) is 11.2 Å². The summed E-state index contributed by atoms with van der Waals surface area (Å²) in [6.07, 6.45) is 10.7. The molecule has 0 N–H and O–H groups in total. The van der Waals surface area contributed by atoms with Crippen LogP contribution in [-0.4, -0.2) is 49.6 Å². The Hall–Kier alpha value is -3.52. The van der Waals surface area contributed by atoms with Gasteiger partial charge in [-0.3, -0.25) is 4.99 Å². The summed E-state index contributed by atoms with van der Waals surface area (Å²) in [6.45, 7) is 9.74. The molecule has 5 nitrogen and oxygen atoms in total. The third-order valence-corrected chi connectivity index (χ3v) is 6.54. The molecule has 1 amide bonds. The number of ether oxygens (including phenoxy) is 1. The maximum Gasteiger partial charge on any atom is 0.410 e. The first-order chi connectivity index (χ1) is 16.7. The normalized spacial score (nSPS) is 16.1. The van der Waals surface area contributed by atoms with Gasteiger partial charge in [-0.1, -0.05) is 54.0 Å². The molecule has 1 fully saturated rings. The molecule has 0 aromatic heterocycles. The molecule has 1 aliphatic heterocycles. The molecule has 0 unspecified atom stereocenters. The Kier molecular flexibility index (Phi) is 8.40. The van der Waals surface area contributed by atoms with Crippen LogP contribution in [0.15, 0.2) is 71.2 Å². The molecule has 184 valence electrons. The number of anilines is 1. The topological polar surface area (TPSA) is 45.1 Å². The number of likely N-dealkylation sites (tertiary alicyclic amines) is 1. The zero-order chi connectivity index (χ0) is 25.5. The molecular formula is C30H37N3O2. The Labute approximate surface area is 210 Å². The second kappa shape index (κ2) is 11.3. The molecule has 35 heavy (non-hydrogen) atoms. The molecule has 0 bridgehead atoms. The standard InChI is InChI=1S/C30H37N3O2/c1-7-11-24(2)30(18-20-32(21-19-30)28(34)35-29(3,4)5)22-33(23-31-6)27-16-14-26(15-17-27)25-12-9-8-10-13-25/h1,8-17,23H,18-22H2,2-6H3/b24-11+,31-23?. The van der Waals surface area contributed by atoms with E-state index in [0.717, 1.165) is 30.6 Å². The molecule has 2 aromatic carbocycles. The van der Waals surface area contributed by atoms with E-state index in [-0.39, 0.29) is 11.5 Å². The third kappa shape index (κ3) is 6.76. The Morgan fingerprint density at radius 3 is 2.26 bits per heavy atom. The first-order valence-corrected chi connectivity index (χ1v) is 12.1. The molecule has 0 atom stereocenters. The van der Waals surface area contributed by atoms with Crippen molar-refractivity contribution >= 4 is 18.1 Å². The molecule has 5 heteroatoms. The average molecular weight is 472 g/mol. The molecule has 1 aliphatic rings. The van der Waals surface area contributed by atoms with Crippen LogP contribution in [0.3, 0.4) is 0 Å². The number of amides is 1. The van der Waals surface area contributed by atoms with Gasteiger partial charge in [0.1, 0.15) is 5.60 Å². The van der Waals surface area contributed by atoms with Crippen LogP contribution >= 0.6 is 0 Å². The summed E-state index contributed by atoms with van der Waals surface area (Å²) in [6, 6.07) is 18.9. The summed E-state index contributed by atoms with van der Waals surface area (Å²) in [7, 11) is 1.78. The second-order valence-electron chi connectivity index (χ2n) is 10.2. The zero-order valence-electron chi connectivity index (χ0n) is 21.6. The Balaban J connectivity index is 1.83. The maximum absolute atomic E-state index is 12.6. The fraction of sp³-hybridized carbons (Fsp3) is 0.400. The van der Waals surface area contributed by atoms with E-state index in [1.807, 2.05) is 51.4 Å². The molecule has 0 spiro atoms. The Morgan fingerprint density at radius 1 is 1.11 bits per heavy atom. The third-order valence-electron chi connectivity index (χ3n) is 6.54. The molecule has 0 radical (unpaired) electrons. The van der Waals surface area contributed by atoms with E-state index < -0.39 is 5.60 Å². The van der Waals surface area contributed by atoms with Crippen LogP contribution in [0.25, 0.3) is 11.1 Å². The average Bonchev–Trinajstić information content (AvgIpc) is 2.84. The SMILES string of the molecule is C#C/C=C(\C)C1(CN(C=NC)c2ccc(-c3ccccc3)cc2)CCN(C(=O)OC(C)(C)C)CC1. The molecule has 0 saturated carbocycles. The van der Waals surface area contributed by atoms with E-state index in [1.165, 1.54) is 11.1 Å². The van der Waals surface area contributed by atoms with Crippen molar-refractivity contribution in [2.45, 2.75) is 46.1 Å². The van der Waals surface area contributed by atoms with Crippen molar-refractivity contribution in [2.24, 2.45) is 10.4 Å². The largest absolute Gasteiger partial charge is 0.444 e. The summed E-state index contributed by atoms with van der Waals surface area (Å²) < 4.78 is 5.60. The van der Waals surface area contributed by atoms with Crippen molar-refractivity contribution < 1.29 is 9.53 Å². The van der Waals surface area contributed by atoms with Gasteiger partial charge in [0, 0.05) is 37.8 Å². The first-order valence-electron chi connectivity index (χ1n) is 12.1. The van der Waals surface area contributed by atoms with Gasteiger partial charge in [-0.15, -0.1) is 6.42 Å². The van der Waals surface area contributed by atoms with Crippen molar-refractivity contribution in [3.63, 3.8) is 0 Å². The van der Waals surface area contributed by atoms with Gasteiger partial charge >= 0.3 is 6.09 Å². The Bertz CT molecular complexity index is 1080. The number of allylic oxidation sites excluding steroid dienone is 1. The molecule has 1 heterocycles. The number of terminal acetylenes is 1. The highest BCUT2D eigenvalue weighted by Gasteiger charge is 2.39. The van der Waals surface area contributed by atoms with Gasteiger partial charge in [0.25, 0.3) is 0 Å². The van der Waals surface area contributed by atoms with E-state index >= 15 is 0 Å². The van der Waals surface area contributed by atoms with Gasteiger partial charge in [0.15, 0.2) is 0 Å². The van der Waals surface area contributed by atoms with Crippen LogP contribution in [0.1, 0.15) is 40.5 Å². The quantitative estimate of drug-likeness (QED) is 0.278. The highest BCUT2D eigenvalue weighted by atomic mass is 16.6. The van der Waals surface area contributed by atoms with Crippen LogP contribution in [0.4, 0.5) is 10.5 Å². The van der Waals surface area contributed by atoms with Gasteiger partial charge in [-0.2, -0.15) is 0 Å². The minimum Gasteiger partial charge on any atom is -0.444 e. The lowest BCUT2D eigenvalue weighted by Gasteiger charge is -2.45. The highest BCUT2D eigenvalue weighted by molar-refractivity contribution is 5.80. The number of aliphatic imine (C=N–C) groups is 1. The number of carbonyl (C=O) groups is 1. The fourth-order valence-electron chi connectivity index (χ4n) is 4.54. The lowest BCUT2D eigenvalue weighted by Crippen LogP contribution is -2.49. The van der Waals surface area contributed by atoms with Gasteiger partial charge in [-0.05, 0) is 69.9 Å². The highest BCUT2D eigenvalue weighted by Crippen LogP contribution is 2.40. The van der Waals surface area contributed by atoms with Crippen LogP contribution in [-0.2, 0) is 4.74 Å². The van der Waals surface area contributed by atoms with E-state index in [0.29, 0.717) is 13.1 Å². The smallest absolute Gasteiger partial charge is 0.410 e. The number of rotatable bonds is 6. The van der Waals surface area contributed by atoms with E-state index in [1.54, 1.807) is 11.9 Å². The first kappa shape index (κ1) is 26.1. The fourth-order valence-corrected chi connectivity index (χ4v) is 4.54. The molecule has 3 rings (SSSR count). The zero-order valence-corrected chi connectivity index (χ0v) is 21.6. The lowest BCUT2D eigenvalue weighted by atomic mass is 9.72. The van der Waals surface area contributed by atoms with E-state index in [9.17, 15) is 4.79 Å². The number of benzene rings is 2. The van der Waals surface area contributed by atoms with Gasteiger partial charge < -0.3 is 14.5 Å². The predicted molar refractivity (Wildman–Crippen MR) is 146 cm³/mol. The van der Waals surface area contributed by atoms with Gasteiger partial charge in [-0.25, -0.2) is 4.79 Å². The monoisotopic (exact) mass is 471 g/mol. The summed E-state index contributed by atoms with van der Waals surface area (Å²) in [5.41, 5.74) is 3.90. The number of hydrogen-bond donors (Lipinski definition) is 0. The predicted octanol–water partition coefficient (Wildman–Crippen LogP) is 6.41.